The van der Waals surface area contributed by atoms with Crippen molar-refractivity contribution in [3.05, 3.63) is 12.2 Å². The SMILES string of the molecule is C=C(C)CCCCC(Br)CC. The molecule has 0 aromatic rings. The summed E-state index contributed by atoms with van der Waals surface area (Å²) in [6.45, 7) is 8.20. The molecule has 0 saturated carbocycles. The number of allylic oxidation sites excluding steroid dienone is 1. The van der Waals surface area contributed by atoms with E-state index in [1.165, 1.54) is 37.7 Å². The third-order valence-corrected chi connectivity index (χ3v) is 2.92. The average Bonchev–Trinajstić information content (AvgIpc) is 1.97. The van der Waals surface area contributed by atoms with Crippen LogP contribution in [0.4, 0.5) is 0 Å². The van der Waals surface area contributed by atoms with E-state index in [2.05, 4.69) is 36.4 Å². The Hall–Kier alpha value is 0.220. The van der Waals surface area contributed by atoms with Crippen LogP contribution < -0.4 is 0 Å². The fraction of sp³-hybridized carbons (Fsp3) is 0.800. The molecule has 0 radical (unpaired) electrons. The minimum absolute atomic E-state index is 0.729. The largest absolute Gasteiger partial charge is 0.100 e. The van der Waals surface area contributed by atoms with Crippen LogP contribution in [-0.4, -0.2) is 4.83 Å². The van der Waals surface area contributed by atoms with Crippen molar-refractivity contribution < 1.29 is 0 Å². The van der Waals surface area contributed by atoms with Crippen molar-refractivity contribution >= 4 is 15.9 Å². The van der Waals surface area contributed by atoms with E-state index in [-0.39, 0.29) is 0 Å². The first-order valence-electron chi connectivity index (χ1n) is 4.45. The van der Waals surface area contributed by atoms with Gasteiger partial charge in [0.25, 0.3) is 0 Å². The van der Waals surface area contributed by atoms with Crippen molar-refractivity contribution in [2.45, 2.75) is 50.8 Å². The number of hydrogen-bond acceptors (Lipinski definition) is 0. The van der Waals surface area contributed by atoms with Gasteiger partial charge in [0.2, 0.25) is 0 Å². The number of alkyl halides is 1. The Morgan fingerprint density at radius 3 is 2.55 bits per heavy atom. The summed E-state index contributed by atoms with van der Waals surface area (Å²) in [7, 11) is 0. The summed E-state index contributed by atoms with van der Waals surface area (Å²) >= 11 is 3.62. The molecule has 0 aliphatic carbocycles. The third kappa shape index (κ3) is 8.12. The van der Waals surface area contributed by atoms with E-state index in [4.69, 9.17) is 0 Å². The van der Waals surface area contributed by atoms with Gasteiger partial charge in [0.1, 0.15) is 0 Å². The average molecular weight is 219 g/mol. The molecule has 0 fully saturated rings. The van der Waals surface area contributed by atoms with Gasteiger partial charge in [-0.2, -0.15) is 0 Å². The fourth-order valence-electron chi connectivity index (χ4n) is 0.997. The molecule has 1 heteroatoms. The second kappa shape index (κ2) is 6.90. The van der Waals surface area contributed by atoms with Crippen LogP contribution in [0.5, 0.6) is 0 Å². The summed E-state index contributed by atoms with van der Waals surface area (Å²) in [6.07, 6.45) is 6.38. The lowest BCUT2D eigenvalue weighted by Crippen LogP contribution is -1.94. The van der Waals surface area contributed by atoms with Gasteiger partial charge < -0.3 is 0 Å². The number of hydrogen-bond donors (Lipinski definition) is 0. The maximum absolute atomic E-state index is 3.88. The molecule has 1 atom stereocenters. The van der Waals surface area contributed by atoms with Gasteiger partial charge in [0.05, 0.1) is 0 Å². The van der Waals surface area contributed by atoms with E-state index < -0.39 is 0 Å². The minimum Gasteiger partial charge on any atom is -0.100 e. The molecular weight excluding hydrogens is 200 g/mol. The van der Waals surface area contributed by atoms with Crippen LogP contribution in [0.2, 0.25) is 0 Å². The van der Waals surface area contributed by atoms with Crippen LogP contribution in [0.3, 0.4) is 0 Å². The molecule has 11 heavy (non-hydrogen) atoms. The maximum Gasteiger partial charge on any atom is 0.0143 e. The first-order chi connectivity index (χ1) is 5.16. The monoisotopic (exact) mass is 218 g/mol. The summed E-state index contributed by atoms with van der Waals surface area (Å²) in [6, 6.07) is 0. The predicted molar refractivity (Wildman–Crippen MR) is 56.3 cm³/mol. The van der Waals surface area contributed by atoms with Gasteiger partial charge in [0.15, 0.2) is 0 Å². The zero-order chi connectivity index (χ0) is 8.69. The highest BCUT2D eigenvalue weighted by atomic mass is 79.9. The number of unbranched alkanes of at least 4 members (excludes halogenated alkanes) is 1. The molecular formula is C10H19Br. The molecule has 0 spiro atoms. The van der Waals surface area contributed by atoms with E-state index in [1.807, 2.05) is 0 Å². The highest BCUT2D eigenvalue weighted by Crippen LogP contribution is 2.15. The van der Waals surface area contributed by atoms with Gasteiger partial charge in [-0.1, -0.05) is 34.8 Å². The van der Waals surface area contributed by atoms with Gasteiger partial charge >= 0.3 is 0 Å². The lowest BCUT2D eigenvalue weighted by molar-refractivity contribution is 0.648. The molecule has 0 amide bonds. The lowest BCUT2D eigenvalue weighted by Gasteiger charge is -2.05. The summed E-state index contributed by atoms with van der Waals surface area (Å²) < 4.78 is 0. The standard InChI is InChI=1S/C10H19Br/c1-4-10(11)8-6-5-7-9(2)3/h10H,2,4-8H2,1,3H3. The Bertz CT molecular complexity index is 107. The number of halogens is 1. The van der Waals surface area contributed by atoms with Gasteiger partial charge in [-0.05, 0) is 32.6 Å². The van der Waals surface area contributed by atoms with Crippen molar-refractivity contribution in [3.63, 3.8) is 0 Å². The molecule has 0 aromatic heterocycles. The van der Waals surface area contributed by atoms with Crippen molar-refractivity contribution in [3.8, 4) is 0 Å². The van der Waals surface area contributed by atoms with Crippen molar-refractivity contribution in [2.24, 2.45) is 0 Å². The molecule has 66 valence electrons. The molecule has 0 aliphatic heterocycles. The first-order valence-corrected chi connectivity index (χ1v) is 5.36. The zero-order valence-corrected chi connectivity index (χ0v) is 9.28. The summed E-state index contributed by atoms with van der Waals surface area (Å²) in [5, 5.41) is 0. The molecule has 0 nitrogen and oxygen atoms in total. The van der Waals surface area contributed by atoms with Gasteiger partial charge in [-0.25, -0.2) is 0 Å². The van der Waals surface area contributed by atoms with Crippen molar-refractivity contribution in [1.29, 1.82) is 0 Å². The van der Waals surface area contributed by atoms with Gasteiger partial charge in [-0.3, -0.25) is 0 Å². The fourth-order valence-corrected chi connectivity index (χ4v) is 1.32. The van der Waals surface area contributed by atoms with E-state index in [9.17, 15) is 0 Å². The first kappa shape index (κ1) is 11.2. The van der Waals surface area contributed by atoms with E-state index >= 15 is 0 Å². The molecule has 0 aromatic carbocycles. The Morgan fingerprint density at radius 1 is 1.45 bits per heavy atom. The van der Waals surface area contributed by atoms with Gasteiger partial charge in [-0.15, -0.1) is 6.58 Å². The van der Waals surface area contributed by atoms with Crippen LogP contribution >= 0.6 is 15.9 Å². The highest BCUT2D eigenvalue weighted by molar-refractivity contribution is 9.09. The van der Waals surface area contributed by atoms with E-state index in [1.54, 1.807) is 0 Å². The van der Waals surface area contributed by atoms with Crippen molar-refractivity contribution in [2.75, 3.05) is 0 Å². The lowest BCUT2D eigenvalue weighted by atomic mass is 10.1. The van der Waals surface area contributed by atoms with Crippen LogP contribution in [0.25, 0.3) is 0 Å². The smallest absolute Gasteiger partial charge is 0.0143 e. The normalized spacial score (nSPS) is 13.0. The van der Waals surface area contributed by atoms with Crippen molar-refractivity contribution in [1.82, 2.24) is 0 Å². The van der Waals surface area contributed by atoms with Crippen LogP contribution in [0.1, 0.15) is 46.0 Å². The molecule has 0 aliphatic rings. The maximum atomic E-state index is 3.88. The summed E-state index contributed by atoms with van der Waals surface area (Å²) in [5.41, 5.74) is 1.31. The Morgan fingerprint density at radius 2 is 2.09 bits per heavy atom. The minimum atomic E-state index is 0.729. The molecule has 0 rings (SSSR count). The Balaban J connectivity index is 3.08. The second-order valence-corrected chi connectivity index (χ2v) is 4.50. The molecule has 0 N–H and O–H groups in total. The quantitative estimate of drug-likeness (QED) is 0.355. The van der Waals surface area contributed by atoms with Crippen LogP contribution in [0, 0.1) is 0 Å². The van der Waals surface area contributed by atoms with E-state index in [0.717, 1.165) is 4.83 Å². The summed E-state index contributed by atoms with van der Waals surface area (Å²) in [4.78, 5) is 0.729. The molecule has 0 saturated heterocycles. The molecule has 0 bridgehead atoms. The van der Waals surface area contributed by atoms with E-state index in [0.29, 0.717) is 0 Å². The number of rotatable bonds is 6. The molecule has 1 unspecified atom stereocenters. The third-order valence-electron chi connectivity index (χ3n) is 1.81. The zero-order valence-electron chi connectivity index (χ0n) is 7.70. The Kier molecular flexibility index (Phi) is 7.04. The summed E-state index contributed by atoms with van der Waals surface area (Å²) in [5.74, 6) is 0. The Labute approximate surface area is 79.2 Å². The second-order valence-electron chi connectivity index (χ2n) is 3.21. The van der Waals surface area contributed by atoms with Gasteiger partial charge in [0, 0.05) is 4.83 Å². The topological polar surface area (TPSA) is 0 Å². The highest BCUT2D eigenvalue weighted by Gasteiger charge is 1.99. The molecule has 0 heterocycles. The predicted octanol–water partition coefficient (Wildman–Crippen LogP) is 4.30. The van der Waals surface area contributed by atoms with Crippen LogP contribution in [-0.2, 0) is 0 Å². The van der Waals surface area contributed by atoms with Crippen LogP contribution in [0.15, 0.2) is 12.2 Å².